The predicted molar refractivity (Wildman–Crippen MR) is 95.5 cm³/mol. The van der Waals surface area contributed by atoms with Crippen LogP contribution in [0.4, 0.5) is 10.1 Å². The van der Waals surface area contributed by atoms with Crippen molar-refractivity contribution in [1.29, 1.82) is 0 Å². The quantitative estimate of drug-likeness (QED) is 0.911. The molecule has 2 saturated heterocycles. The molecule has 2 amide bonds. The first-order chi connectivity index (χ1) is 12.0. The van der Waals surface area contributed by atoms with Crippen molar-refractivity contribution in [2.24, 2.45) is 0 Å². The summed E-state index contributed by atoms with van der Waals surface area (Å²) in [5.41, 5.74) is 2.05. The van der Waals surface area contributed by atoms with E-state index >= 15 is 0 Å². The van der Waals surface area contributed by atoms with Gasteiger partial charge < -0.3 is 10.2 Å². The zero-order chi connectivity index (χ0) is 17.8. The van der Waals surface area contributed by atoms with E-state index < -0.39 is 6.17 Å². The van der Waals surface area contributed by atoms with Gasteiger partial charge in [-0.15, -0.1) is 0 Å². The summed E-state index contributed by atoms with van der Waals surface area (Å²) in [6.45, 7) is 4.52. The minimum absolute atomic E-state index is 0.0534. The van der Waals surface area contributed by atoms with E-state index in [2.05, 4.69) is 10.2 Å². The van der Waals surface area contributed by atoms with Crippen molar-refractivity contribution in [2.45, 2.75) is 38.8 Å². The van der Waals surface area contributed by atoms with Crippen LogP contribution in [0.5, 0.6) is 0 Å². The molecule has 1 aromatic carbocycles. The zero-order valence-corrected chi connectivity index (χ0v) is 14.8. The Balaban J connectivity index is 1.62. The van der Waals surface area contributed by atoms with Crippen LogP contribution < -0.4 is 5.32 Å². The van der Waals surface area contributed by atoms with Crippen molar-refractivity contribution < 1.29 is 14.0 Å². The van der Waals surface area contributed by atoms with Crippen molar-refractivity contribution in [3.63, 3.8) is 0 Å². The summed E-state index contributed by atoms with van der Waals surface area (Å²) < 4.78 is 13.0. The lowest BCUT2D eigenvalue weighted by molar-refractivity contribution is -0.117. The van der Waals surface area contributed by atoms with E-state index in [0.29, 0.717) is 17.8 Å². The van der Waals surface area contributed by atoms with E-state index in [1.165, 1.54) is 17.7 Å². The number of nitrogens with one attached hydrogen (secondary N) is 1. The third kappa shape index (κ3) is 4.57. The first-order valence-electron chi connectivity index (χ1n) is 9.09. The Kier molecular flexibility index (Phi) is 5.68. The van der Waals surface area contributed by atoms with Crippen molar-refractivity contribution in [1.82, 2.24) is 9.80 Å². The van der Waals surface area contributed by atoms with Gasteiger partial charge in [0.2, 0.25) is 5.91 Å². The number of alkyl halides is 1. The van der Waals surface area contributed by atoms with Crippen LogP contribution in [0.1, 0.15) is 41.6 Å². The summed E-state index contributed by atoms with van der Waals surface area (Å²) >= 11 is 0. The molecular weight excluding hydrogens is 321 g/mol. The Hall–Kier alpha value is -1.95. The van der Waals surface area contributed by atoms with Crippen molar-refractivity contribution in [2.75, 3.05) is 38.0 Å². The van der Waals surface area contributed by atoms with Crippen molar-refractivity contribution in [3.05, 3.63) is 29.3 Å². The van der Waals surface area contributed by atoms with Gasteiger partial charge in [-0.3, -0.25) is 14.5 Å². The molecule has 2 fully saturated rings. The Morgan fingerprint density at radius 3 is 2.48 bits per heavy atom. The van der Waals surface area contributed by atoms with Gasteiger partial charge in [0.25, 0.3) is 5.91 Å². The van der Waals surface area contributed by atoms with Crippen LogP contribution in [-0.2, 0) is 4.79 Å². The molecule has 25 heavy (non-hydrogen) atoms. The monoisotopic (exact) mass is 347 g/mol. The number of hydrogen-bond acceptors (Lipinski definition) is 3. The molecule has 1 aromatic rings. The van der Waals surface area contributed by atoms with Gasteiger partial charge in [-0.2, -0.15) is 0 Å². The van der Waals surface area contributed by atoms with Gasteiger partial charge in [0.15, 0.2) is 0 Å². The van der Waals surface area contributed by atoms with Gasteiger partial charge in [0.05, 0.1) is 19.6 Å². The van der Waals surface area contributed by atoms with Gasteiger partial charge in [0, 0.05) is 11.3 Å². The molecule has 0 atom stereocenters. The summed E-state index contributed by atoms with van der Waals surface area (Å²) in [6.07, 6.45) is 3.83. The number of rotatable bonds is 4. The number of benzene rings is 1. The smallest absolute Gasteiger partial charge is 0.254 e. The molecule has 0 saturated carbocycles. The number of carbonyl (C=O) groups is 2. The minimum atomic E-state index is -0.915. The van der Waals surface area contributed by atoms with E-state index in [0.717, 1.165) is 31.5 Å². The Labute approximate surface area is 148 Å². The average Bonchev–Trinajstić information content (AvgIpc) is 2.82. The highest BCUT2D eigenvalue weighted by atomic mass is 19.1. The Morgan fingerprint density at radius 1 is 1.16 bits per heavy atom. The molecular formula is C19H26FN3O2. The second-order valence-corrected chi connectivity index (χ2v) is 7.08. The molecule has 0 radical (unpaired) electrons. The molecule has 0 spiro atoms. The molecule has 2 aliphatic heterocycles. The first kappa shape index (κ1) is 17.9. The minimum Gasteiger partial charge on any atom is -0.333 e. The lowest BCUT2D eigenvalue weighted by Crippen LogP contribution is -2.51. The summed E-state index contributed by atoms with van der Waals surface area (Å²) in [6, 6.07) is 5.25. The summed E-state index contributed by atoms with van der Waals surface area (Å²) in [4.78, 5) is 28.4. The second kappa shape index (κ2) is 7.95. The largest absolute Gasteiger partial charge is 0.333 e. The molecule has 3 rings (SSSR count). The fourth-order valence-electron chi connectivity index (χ4n) is 3.35. The molecule has 0 aromatic heterocycles. The molecule has 1 N–H and O–H groups in total. The molecule has 2 aliphatic rings. The van der Waals surface area contributed by atoms with Crippen LogP contribution in [0.25, 0.3) is 0 Å². The third-order valence-corrected chi connectivity index (χ3v) is 4.95. The highest BCUT2D eigenvalue weighted by Crippen LogP contribution is 2.21. The van der Waals surface area contributed by atoms with Gasteiger partial charge in [-0.1, -0.05) is 18.9 Å². The van der Waals surface area contributed by atoms with Gasteiger partial charge in [0.1, 0.15) is 6.17 Å². The maximum Gasteiger partial charge on any atom is 0.254 e. The molecule has 0 aliphatic carbocycles. The number of amides is 2. The lowest BCUT2D eigenvalue weighted by atomic mass is 10.1. The number of halogens is 1. The highest BCUT2D eigenvalue weighted by molar-refractivity contribution is 5.98. The van der Waals surface area contributed by atoms with E-state index in [9.17, 15) is 14.0 Å². The van der Waals surface area contributed by atoms with E-state index in [1.54, 1.807) is 12.1 Å². The molecule has 6 heteroatoms. The average molecular weight is 347 g/mol. The number of anilines is 1. The Bertz CT molecular complexity index is 636. The SMILES string of the molecule is Cc1ccc(C(=O)N2CC(F)C2)cc1NC(=O)CN1CCCCCC1. The fourth-order valence-corrected chi connectivity index (χ4v) is 3.35. The number of hydrogen-bond donors (Lipinski definition) is 1. The molecule has 2 heterocycles. The zero-order valence-electron chi connectivity index (χ0n) is 14.8. The topological polar surface area (TPSA) is 52.7 Å². The summed E-state index contributed by atoms with van der Waals surface area (Å²) in [5.74, 6) is -0.237. The van der Waals surface area contributed by atoms with Crippen LogP contribution in [0, 0.1) is 6.92 Å². The number of nitrogens with zero attached hydrogens (tertiary/aromatic N) is 2. The van der Waals surface area contributed by atoms with Gasteiger partial charge >= 0.3 is 0 Å². The lowest BCUT2D eigenvalue weighted by Gasteiger charge is -2.34. The number of carbonyl (C=O) groups excluding carboxylic acids is 2. The third-order valence-electron chi connectivity index (χ3n) is 4.95. The van der Waals surface area contributed by atoms with Crippen LogP contribution in [0.2, 0.25) is 0 Å². The Morgan fingerprint density at radius 2 is 1.84 bits per heavy atom. The van der Waals surface area contributed by atoms with Crippen LogP contribution >= 0.6 is 0 Å². The second-order valence-electron chi connectivity index (χ2n) is 7.08. The van der Waals surface area contributed by atoms with Crippen LogP contribution in [0.15, 0.2) is 18.2 Å². The van der Waals surface area contributed by atoms with Gasteiger partial charge in [-0.05, 0) is 50.6 Å². The highest BCUT2D eigenvalue weighted by Gasteiger charge is 2.31. The van der Waals surface area contributed by atoms with Crippen molar-refractivity contribution in [3.8, 4) is 0 Å². The molecule has 5 nitrogen and oxygen atoms in total. The maximum atomic E-state index is 13.0. The van der Waals surface area contributed by atoms with E-state index in [-0.39, 0.29) is 24.9 Å². The first-order valence-corrected chi connectivity index (χ1v) is 9.09. The number of likely N-dealkylation sites (tertiary alicyclic amines) is 2. The summed E-state index contributed by atoms with van der Waals surface area (Å²) in [5, 5.41) is 2.93. The molecule has 0 unspecified atom stereocenters. The van der Waals surface area contributed by atoms with Gasteiger partial charge in [-0.25, -0.2) is 4.39 Å². The van der Waals surface area contributed by atoms with E-state index in [4.69, 9.17) is 0 Å². The molecule has 0 bridgehead atoms. The maximum absolute atomic E-state index is 13.0. The summed E-state index contributed by atoms with van der Waals surface area (Å²) in [7, 11) is 0. The standard InChI is InChI=1S/C19H26FN3O2/c1-14-6-7-15(19(25)23-11-16(20)12-23)10-17(14)21-18(24)13-22-8-4-2-3-5-9-22/h6-7,10,16H,2-5,8-9,11-13H2,1H3,(H,21,24). The number of aryl methyl sites for hydroxylation is 1. The fraction of sp³-hybridized carbons (Fsp3) is 0.579. The van der Waals surface area contributed by atoms with E-state index in [1.807, 2.05) is 13.0 Å². The predicted octanol–water partition coefficient (Wildman–Crippen LogP) is 2.60. The molecule has 136 valence electrons. The van der Waals surface area contributed by atoms with Crippen molar-refractivity contribution >= 4 is 17.5 Å². The van der Waals surface area contributed by atoms with Crippen LogP contribution in [0.3, 0.4) is 0 Å². The van der Waals surface area contributed by atoms with Crippen LogP contribution in [-0.4, -0.2) is 60.5 Å². The normalized spacial score (nSPS) is 19.2.